The molecule has 170 valence electrons. The number of aromatic nitrogens is 2. The van der Waals surface area contributed by atoms with Gasteiger partial charge in [-0.2, -0.15) is 9.40 Å². The number of benzene rings is 3. The van der Waals surface area contributed by atoms with Crippen molar-refractivity contribution in [1.29, 1.82) is 0 Å². The fourth-order valence-electron chi connectivity index (χ4n) is 3.59. The number of para-hydroxylation sites is 1. The molecule has 1 heterocycles. The Morgan fingerprint density at radius 3 is 2.42 bits per heavy atom. The first-order valence-electron chi connectivity index (χ1n) is 10.1. The van der Waals surface area contributed by atoms with Gasteiger partial charge < -0.3 is 10.2 Å². The van der Waals surface area contributed by atoms with Gasteiger partial charge in [-0.15, -0.1) is 0 Å². The number of sulfonamides is 1. The van der Waals surface area contributed by atoms with Gasteiger partial charge in [-0.1, -0.05) is 48.0 Å². The van der Waals surface area contributed by atoms with E-state index >= 15 is 0 Å². The second-order valence-electron chi connectivity index (χ2n) is 7.60. The first kappa shape index (κ1) is 22.8. The second-order valence-corrected chi connectivity index (χ2v) is 10.0. The van der Waals surface area contributed by atoms with Crippen molar-refractivity contribution >= 4 is 21.6 Å². The lowest BCUT2D eigenvalue weighted by Gasteiger charge is -2.20. The van der Waals surface area contributed by atoms with Gasteiger partial charge >= 0.3 is 0 Å². The van der Waals surface area contributed by atoms with Crippen molar-refractivity contribution in [1.82, 2.24) is 14.1 Å². The minimum Gasteiger partial charge on any atom is -0.507 e. The van der Waals surface area contributed by atoms with E-state index in [-0.39, 0.29) is 22.8 Å². The summed E-state index contributed by atoms with van der Waals surface area (Å²) in [5.74, 6) is -0.820. The molecule has 0 radical (unpaired) electrons. The van der Waals surface area contributed by atoms with Gasteiger partial charge in [0.15, 0.2) is 0 Å². The lowest BCUT2D eigenvalue weighted by Crippen LogP contribution is -2.26. The summed E-state index contributed by atoms with van der Waals surface area (Å²) in [5, 5.41) is 25.8. The standard InChI is InChI=1S/C24H22ClN3O4S/c1-16-7-3-6-10-20(16)28-21(11-12-26-28)18-13-24(23(30)14-22(18)29)33(31,32)27(2)15-17-8-4-5-9-19(17)25/h3-14,29-30H,15H2,1-2H3. The molecule has 7 nitrogen and oxygen atoms in total. The predicted octanol–water partition coefficient (Wildman–Crippen LogP) is 4.73. The Morgan fingerprint density at radius 1 is 1.00 bits per heavy atom. The average Bonchev–Trinajstić information content (AvgIpc) is 3.24. The summed E-state index contributed by atoms with van der Waals surface area (Å²) < 4.78 is 29.4. The van der Waals surface area contributed by atoms with Gasteiger partial charge in [-0.3, -0.25) is 0 Å². The minimum absolute atomic E-state index is 0.0127. The zero-order valence-electron chi connectivity index (χ0n) is 18.0. The summed E-state index contributed by atoms with van der Waals surface area (Å²) in [5.41, 5.74) is 3.06. The first-order valence-corrected chi connectivity index (χ1v) is 11.9. The maximum absolute atomic E-state index is 13.3. The van der Waals surface area contributed by atoms with E-state index in [1.165, 1.54) is 13.1 Å². The van der Waals surface area contributed by atoms with E-state index in [2.05, 4.69) is 5.10 Å². The molecule has 0 spiro atoms. The molecule has 0 aliphatic heterocycles. The fraction of sp³-hybridized carbons (Fsp3) is 0.125. The topological polar surface area (TPSA) is 95.7 Å². The lowest BCUT2D eigenvalue weighted by molar-refractivity contribution is 0.430. The van der Waals surface area contributed by atoms with E-state index < -0.39 is 15.8 Å². The average molecular weight is 484 g/mol. The van der Waals surface area contributed by atoms with Crippen LogP contribution in [0.15, 0.2) is 77.8 Å². The Hall–Kier alpha value is -3.33. The summed E-state index contributed by atoms with van der Waals surface area (Å²) >= 11 is 6.18. The number of aryl methyl sites for hydroxylation is 1. The fourth-order valence-corrected chi connectivity index (χ4v) is 5.02. The maximum Gasteiger partial charge on any atom is 0.246 e. The lowest BCUT2D eigenvalue weighted by atomic mass is 10.1. The van der Waals surface area contributed by atoms with Crippen LogP contribution in [0.5, 0.6) is 11.5 Å². The molecular formula is C24H22ClN3O4S. The van der Waals surface area contributed by atoms with Crippen LogP contribution in [-0.4, -0.2) is 39.8 Å². The van der Waals surface area contributed by atoms with Crippen molar-refractivity contribution in [3.8, 4) is 28.4 Å². The summed E-state index contributed by atoms with van der Waals surface area (Å²) in [6.07, 6.45) is 1.56. The molecule has 0 atom stereocenters. The van der Waals surface area contributed by atoms with Gasteiger partial charge in [-0.25, -0.2) is 13.1 Å². The molecule has 0 aliphatic carbocycles. The third kappa shape index (κ3) is 4.32. The van der Waals surface area contributed by atoms with E-state index in [4.69, 9.17) is 11.6 Å². The van der Waals surface area contributed by atoms with Crippen LogP contribution < -0.4 is 0 Å². The molecule has 0 aliphatic rings. The van der Waals surface area contributed by atoms with Crippen LogP contribution in [0.25, 0.3) is 16.9 Å². The molecule has 0 saturated carbocycles. The number of phenolic OH excluding ortho intramolecular Hbond substituents is 2. The molecule has 0 amide bonds. The number of hydrogen-bond acceptors (Lipinski definition) is 5. The van der Waals surface area contributed by atoms with Crippen molar-refractivity contribution in [2.24, 2.45) is 0 Å². The van der Waals surface area contributed by atoms with Crippen LogP contribution >= 0.6 is 11.6 Å². The van der Waals surface area contributed by atoms with E-state index in [1.54, 1.807) is 41.2 Å². The highest BCUT2D eigenvalue weighted by molar-refractivity contribution is 7.89. The van der Waals surface area contributed by atoms with Crippen LogP contribution in [0, 0.1) is 6.92 Å². The quantitative estimate of drug-likeness (QED) is 0.413. The van der Waals surface area contributed by atoms with Gasteiger partial charge in [0.25, 0.3) is 0 Å². The van der Waals surface area contributed by atoms with Gasteiger partial charge in [-0.05, 0) is 42.3 Å². The van der Waals surface area contributed by atoms with Crippen LogP contribution in [0.4, 0.5) is 0 Å². The van der Waals surface area contributed by atoms with Gasteiger partial charge in [0.2, 0.25) is 10.0 Å². The molecule has 0 bridgehead atoms. The van der Waals surface area contributed by atoms with E-state index in [9.17, 15) is 18.6 Å². The Balaban J connectivity index is 1.79. The van der Waals surface area contributed by atoms with E-state index in [0.29, 0.717) is 16.3 Å². The molecule has 4 aromatic rings. The summed E-state index contributed by atoms with van der Waals surface area (Å²) in [4.78, 5) is -0.331. The molecule has 0 fully saturated rings. The number of aromatic hydroxyl groups is 2. The van der Waals surface area contributed by atoms with Gasteiger partial charge in [0, 0.05) is 30.2 Å². The normalized spacial score (nSPS) is 11.8. The minimum atomic E-state index is -4.12. The molecule has 9 heteroatoms. The predicted molar refractivity (Wildman–Crippen MR) is 127 cm³/mol. The Labute approximate surface area is 197 Å². The van der Waals surface area contributed by atoms with Crippen LogP contribution in [0.3, 0.4) is 0 Å². The SMILES string of the molecule is Cc1ccccc1-n1nccc1-c1cc(S(=O)(=O)N(C)Cc2ccccc2Cl)c(O)cc1O. The number of halogens is 1. The summed E-state index contributed by atoms with van der Waals surface area (Å²) in [6, 6.07) is 18.5. The van der Waals surface area contributed by atoms with Gasteiger partial charge in [0.05, 0.1) is 17.6 Å². The Kier molecular flexibility index (Phi) is 6.16. The molecule has 4 rings (SSSR count). The molecule has 2 N–H and O–H groups in total. The number of rotatable bonds is 6. The highest BCUT2D eigenvalue weighted by Gasteiger charge is 2.27. The largest absolute Gasteiger partial charge is 0.507 e. The van der Waals surface area contributed by atoms with Crippen molar-refractivity contribution < 1.29 is 18.6 Å². The van der Waals surface area contributed by atoms with Crippen molar-refractivity contribution in [2.45, 2.75) is 18.4 Å². The molecule has 0 unspecified atom stereocenters. The molecular weight excluding hydrogens is 462 g/mol. The van der Waals surface area contributed by atoms with Crippen molar-refractivity contribution in [2.75, 3.05) is 7.05 Å². The summed E-state index contributed by atoms with van der Waals surface area (Å²) in [7, 11) is -2.71. The van der Waals surface area contributed by atoms with Crippen LogP contribution in [0.2, 0.25) is 5.02 Å². The number of phenols is 2. The maximum atomic E-state index is 13.3. The third-order valence-electron chi connectivity index (χ3n) is 5.38. The molecule has 33 heavy (non-hydrogen) atoms. The van der Waals surface area contributed by atoms with Crippen molar-refractivity contribution in [3.05, 3.63) is 89.1 Å². The van der Waals surface area contributed by atoms with Crippen LogP contribution in [-0.2, 0) is 16.6 Å². The smallest absolute Gasteiger partial charge is 0.246 e. The third-order valence-corrected chi connectivity index (χ3v) is 7.58. The molecule has 3 aromatic carbocycles. The molecule has 1 aromatic heterocycles. The summed E-state index contributed by atoms with van der Waals surface area (Å²) in [6.45, 7) is 1.94. The van der Waals surface area contributed by atoms with E-state index in [1.807, 2.05) is 31.2 Å². The zero-order chi connectivity index (χ0) is 23.8. The second kappa shape index (κ2) is 8.90. The van der Waals surface area contributed by atoms with Crippen molar-refractivity contribution in [3.63, 3.8) is 0 Å². The number of hydrogen-bond donors (Lipinski definition) is 2. The van der Waals surface area contributed by atoms with E-state index in [0.717, 1.165) is 21.6 Å². The monoisotopic (exact) mass is 483 g/mol. The van der Waals surface area contributed by atoms with Gasteiger partial charge in [0.1, 0.15) is 16.4 Å². The zero-order valence-corrected chi connectivity index (χ0v) is 19.5. The highest BCUT2D eigenvalue weighted by atomic mass is 35.5. The number of nitrogens with zero attached hydrogens (tertiary/aromatic N) is 3. The molecule has 0 saturated heterocycles. The first-order chi connectivity index (χ1) is 15.7. The van der Waals surface area contributed by atoms with Crippen LogP contribution in [0.1, 0.15) is 11.1 Å². The highest BCUT2D eigenvalue weighted by Crippen LogP contribution is 2.39. The Bertz CT molecular complexity index is 1430. The Morgan fingerprint density at radius 2 is 1.70 bits per heavy atom.